The summed E-state index contributed by atoms with van der Waals surface area (Å²) < 4.78 is 12.9. The van der Waals surface area contributed by atoms with Crippen LogP contribution in [0.4, 0.5) is 5.82 Å². The van der Waals surface area contributed by atoms with Crippen LogP contribution in [0, 0.1) is 27.7 Å². The van der Waals surface area contributed by atoms with Gasteiger partial charge >= 0.3 is 0 Å². The molecule has 0 unspecified atom stereocenters. The van der Waals surface area contributed by atoms with Crippen LogP contribution in [0.1, 0.15) is 52.0 Å². The summed E-state index contributed by atoms with van der Waals surface area (Å²) in [6, 6.07) is 7.84. The van der Waals surface area contributed by atoms with Crippen molar-refractivity contribution in [2.45, 2.75) is 54.2 Å². The predicted octanol–water partition coefficient (Wildman–Crippen LogP) is 4.35. The van der Waals surface area contributed by atoms with E-state index in [0.717, 1.165) is 35.5 Å². The van der Waals surface area contributed by atoms with Crippen molar-refractivity contribution in [2.24, 2.45) is 0 Å². The van der Waals surface area contributed by atoms with E-state index in [4.69, 9.17) is 9.26 Å². The van der Waals surface area contributed by atoms with E-state index >= 15 is 0 Å². The predicted molar refractivity (Wildman–Crippen MR) is 107 cm³/mol. The Bertz CT molecular complexity index is 967. The first-order chi connectivity index (χ1) is 13.4. The standard InChI is InChI=1S/C21H26N4O3/c1-6-7-25-19(11-15(4)23-25)22-21(26)20-18(16(5)28-24-20)12-27-17-9-13(2)8-14(3)10-17/h8-11H,6-7,12H2,1-5H3,(H,22,26). The summed E-state index contributed by atoms with van der Waals surface area (Å²) in [5, 5.41) is 11.2. The van der Waals surface area contributed by atoms with E-state index < -0.39 is 0 Å². The minimum Gasteiger partial charge on any atom is -0.489 e. The second-order valence-corrected chi connectivity index (χ2v) is 7.03. The highest BCUT2D eigenvalue weighted by atomic mass is 16.5. The van der Waals surface area contributed by atoms with Gasteiger partial charge in [-0.05, 0) is 57.4 Å². The number of carbonyl (C=O) groups is 1. The molecular weight excluding hydrogens is 356 g/mol. The van der Waals surface area contributed by atoms with Crippen LogP contribution in [0.15, 0.2) is 28.8 Å². The molecule has 1 amide bonds. The van der Waals surface area contributed by atoms with E-state index in [2.05, 4.69) is 28.6 Å². The molecule has 2 heterocycles. The van der Waals surface area contributed by atoms with E-state index in [0.29, 0.717) is 17.1 Å². The molecule has 2 aromatic heterocycles. The molecule has 0 saturated carbocycles. The molecule has 0 atom stereocenters. The van der Waals surface area contributed by atoms with Gasteiger partial charge in [-0.25, -0.2) is 4.68 Å². The lowest BCUT2D eigenvalue weighted by atomic mass is 10.1. The number of hydrogen-bond donors (Lipinski definition) is 1. The smallest absolute Gasteiger partial charge is 0.279 e. The summed E-state index contributed by atoms with van der Waals surface area (Å²) >= 11 is 0. The third kappa shape index (κ3) is 4.42. The molecule has 3 rings (SSSR count). The number of nitrogens with zero attached hydrogens (tertiary/aromatic N) is 3. The van der Waals surface area contributed by atoms with Gasteiger partial charge in [0.1, 0.15) is 23.9 Å². The molecule has 0 radical (unpaired) electrons. The zero-order valence-electron chi connectivity index (χ0n) is 17.0. The van der Waals surface area contributed by atoms with Crippen LogP contribution in [0.2, 0.25) is 0 Å². The van der Waals surface area contributed by atoms with Crippen molar-refractivity contribution in [1.29, 1.82) is 0 Å². The van der Waals surface area contributed by atoms with E-state index in [1.54, 1.807) is 11.6 Å². The van der Waals surface area contributed by atoms with Gasteiger partial charge in [-0.15, -0.1) is 0 Å². The summed E-state index contributed by atoms with van der Waals surface area (Å²) in [6.07, 6.45) is 0.919. The molecule has 0 aliphatic rings. The van der Waals surface area contributed by atoms with Gasteiger partial charge in [0, 0.05) is 12.6 Å². The molecule has 3 aromatic rings. The fraction of sp³-hybridized carbons (Fsp3) is 0.381. The average Bonchev–Trinajstić information content (AvgIpc) is 3.15. The quantitative estimate of drug-likeness (QED) is 0.657. The molecule has 0 fully saturated rings. The molecule has 0 aliphatic heterocycles. The van der Waals surface area contributed by atoms with Gasteiger partial charge in [0.25, 0.3) is 5.91 Å². The van der Waals surface area contributed by atoms with Crippen molar-refractivity contribution >= 4 is 11.7 Å². The van der Waals surface area contributed by atoms with Crippen molar-refractivity contribution in [3.63, 3.8) is 0 Å². The minimum absolute atomic E-state index is 0.203. The Morgan fingerprint density at radius 3 is 2.54 bits per heavy atom. The Balaban J connectivity index is 1.77. The summed E-state index contributed by atoms with van der Waals surface area (Å²) in [7, 11) is 0. The highest BCUT2D eigenvalue weighted by Crippen LogP contribution is 2.21. The number of rotatable bonds is 7. The molecule has 0 spiro atoms. The third-order valence-electron chi connectivity index (χ3n) is 4.36. The van der Waals surface area contributed by atoms with E-state index in [9.17, 15) is 4.79 Å². The number of anilines is 1. The second kappa shape index (κ2) is 8.29. The van der Waals surface area contributed by atoms with Crippen molar-refractivity contribution < 1.29 is 14.1 Å². The first-order valence-corrected chi connectivity index (χ1v) is 9.39. The second-order valence-electron chi connectivity index (χ2n) is 7.03. The van der Waals surface area contributed by atoms with Crippen LogP contribution in [0.3, 0.4) is 0 Å². The molecule has 0 saturated heterocycles. The molecule has 0 aliphatic carbocycles. The Kier molecular flexibility index (Phi) is 5.82. The summed E-state index contributed by atoms with van der Waals surface area (Å²) in [6.45, 7) is 10.7. The monoisotopic (exact) mass is 382 g/mol. The summed E-state index contributed by atoms with van der Waals surface area (Å²) in [5.74, 6) is 1.62. The Morgan fingerprint density at radius 1 is 1.14 bits per heavy atom. The minimum atomic E-state index is -0.340. The molecule has 1 aromatic carbocycles. The fourth-order valence-electron chi connectivity index (χ4n) is 3.12. The average molecular weight is 382 g/mol. The van der Waals surface area contributed by atoms with E-state index in [1.165, 1.54) is 0 Å². The number of benzene rings is 1. The largest absolute Gasteiger partial charge is 0.489 e. The fourth-order valence-corrected chi connectivity index (χ4v) is 3.12. The zero-order valence-corrected chi connectivity index (χ0v) is 17.0. The maximum absolute atomic E-state index is 12.8. The highest BCUT2D eigenvalue weighted by molar-refractivity contribution is 6.03. The van der Waals surface area contributed by atoms with Crippen LogP contribution in [0.5, 0.6) is 5.75 Å². The zero-order chi connectivity index (χ0) is 20.3. The first-order valence-electron chi connectivity index (χ1n) is 9.39. The molecule has 7 nitrogen and oxygen atoms in total. The maximum atomic E-state index is 12.8. The van der Waals surface area contributed by atoms with Crippen LogP contribution < -0.4 is 10.1 Å². The number of carbonyl (C=O) groups excluding carboxylic acids is 1. The Hall–Kier alpha value is -3.09. The lowest BCUT2D eigenvalue weighted by Crippen LogP contribution is -2.18. The van der Waals surface area contributed by atoms with Gasteiger partial charge in [0.05, 0.1) is 11.3 Å². The van der Waals surface area contributed by atoms with Crippen molar-refractivity contribution in [1.82, 2.24) is 14.9 Å². The van der Waals surface area contributed by atoms with E-state index in [1.807, 2.05) is 39.0 Å². The SMILES string of the molecule is CCCn1nc(C)cc1NC(=O)c1noc(C)c1COc1cc(C)cc(C)c1. The van der Waals surface area contributed by atoms with Crippen molar-refractivity contribution in [2.75, 3.05) is 5.32 Å². The molecule has 7 heteroatoms. The van der Waals surface area contributed by atoms with Crippen LogP contribution >= 0.6 is 0 Å². The molecule has 148 valence electrons. The van der Waals surface area contributed by atoms with Gasteiger partial charge in [-0.1, -0.05) is 18.1 Å². The number of nitrogens with one attached hydrogen (secondary N) is 1. The van der Waals surface area contributed by atoms with Crippen LogP contribution in [0.25, 0.3) is 0 Å². The van der Waals surface area contributed by atoms with Gasteiger partial charge in [-0.2, -0.15) is 5.10 Å². The van der Waals surface area contributed by atoms with Crippen LogP contribution in [-0.4, -0.2) is 20.8 Å². The first kappa shape index (κ1) is 19.7. The number of amides is 1. The summed E-state index contributed by atoms with van der Waals surface area (Å²) in [5.41, 5.74) is 3.95. The Labute approximate surface area is 164 Å². The van der Waals surface area contributed by atoms with Gasteiger partial charge in [0.2, 0.25) is 0 Å². The molecule has 1 N–H and O–H groups in total. The Morgan fingerprint density at radius 2 is 1.86 bits per heavy atom. The summed E-state index contributed by atoms with van der Waals surface area (Å²) in [4.78, 5) is 12.8. The van der Waals surface area contributed by atoms with Crippen LogP contribution in [-0.2, 0) is 13.2 Å². The van der Waals surface area contributed by atoms with Crippen molar-refractivity contribution in [3.8, 4) is 5.75 Å². The van der Waals surface area contributed by atoms with Gasteiger partial charge < -0.3 is 14.6 Å². The van der Waals surface area contributed by atoms with E-state index in [-0.39, 0.29) is 18.2 Å². The number of ether oxygens (including phenoxy) is 1. The maximum Gasteiger partial charge on any atom is 0.279 e. The third-order valence-corrected chi connectivity index (χ3v) is 4.36. The van der Waals surface area contributed by atoms with Crippen molar-refractivity contribution in [3.05, 3.63) is 58.1 Å². The number of hydrogen-bond acceptors (Lipinski definition) is 5. The molecule has 28 heavy (non-hydrogen) atoms. The molecular formula is C21H26N4O3. The highest BCUT2D eigenvalue weighted by Gasteiger charge is 2.22. The molecule has 0 bridgehead atoms. The van der Waals surface area contributed by atoms with Gasteiger partial charge in [0.15, 0.2) is 5.69 Å². The lowest BCUT2D eigenvalue weighted by Gasteiger charge is -2.09. The van der Waals surface area contributed by atoms with Gasteiger partial charge in [-0.3, -0.25) is 4.79 Å². The lowest BCUT2D eigenvalue weighted by molar-refractivity contribution is 0.101. The number of aromatic nitrogens is 3. The normalized spacial score (nSPS) is 10.9. The number of aryl methyl sites for hydroxylation is 5. The topological polar surface area (TPSA) is 82.2 Å².